The third kappa shape index (κ3) is 3.97. The van der Waals surface area contributed by atoms with Crippen LogP contribution in [-0.4, -0.2) is 49.7 Å². The number of hydrogen-bond acceptors (Lipinski definition) is 9. The van der Waals surface area contributed by atoms with Crippen LogP contribution in [0, 0.1) is 5.41 Å². The first kappa shape index (κ1) is 24.3. The Hall–Kier alpha value is -2.76. The molecule has 0 bridgehead atoms. The van der Waals surface area contributed by atoms with Crippen molar-refractivity contribution in [3.05, 3.63) is 64.0 Å². The highest BCUT2D eigenvalue weighted by molar-refractivity contribution is 7.99. The first-order chi connectivity index (χ1) is 18.5. The number of ether oxygens (including phenoxy) is 1. The van der Waals surface area contributed by atoms with Crippen LogP contribution in [0.2, 0.25) is 5.15 Å². The number of aliphatic hydroxyl groups excluding tert-OH is 1. The molecule has 1 fully saturated rings. The topological polar surface area (TPSA) is 126 Å². The van der Waals surface area contributed by atoms with E-state index < -0.39 is 0 Å². The predicted octanol–water partition coefficient (Wildman–Crippen LogP) is 3.96. The zero-order valence-electron chi connectivity index (χ0n) is 20.8. The molecule has 0 saturated carbocycles. The van der Waals surface area contributed by atoms with Crippen LogP contribution in [0.5, 0.6) is 0 Å². The molecule has 4 N–H and O–H groups in total. The van der Waals surface area contributed by atoms with Crippen LogP contribution in [0.4, 0.5) is 5.82 Å². The predicted molar refractivity (Wildman–Crippen MR) is 145 cm³/mol. The molecule has 0 radical (unpaired) electrons. The molecule has 196 valence electrons. The molecular weight excluding hydrogens is 522 g/mol. The molecule has 1 atom stereocenters. The van der Waals surface area contributed by atoms with Gasteiger partial charge in [-0.15, -0.1) is 0 Å². The highest BCUT2D eigenvalue weighted by Crippen LogP contribution is 2.50. The average Bonchev–Trinajstić information content (AvgIpc) is 3.43. The van der Waals surface area contributed by atoms with E-state index in [4.69, 9.17) is 32.0 Å². The van der Waals surface area contributed by atoms with Gasteiger partial charge in [0, 0.05) is 48.7 Å². The van der Waals surface area contributed by atoms with E-state index in [1.807, 2.05) is 18.3 Å². The molecule has 0 amide bonds. The van der Waals surface area contributed by atoms with E-state index in [9.17, 15) is 5.11 Å². The van der Waals surface area contributed by atoms with Gasteiger partial charge in [0.15, 0.2) is 5.82 Å². The molecule has 3 aliphatic rings. The summed E-state index contributed by atoms with van der Waals surface area (Å²) in [6.45, 7) is 2.68. The largest absolute Gasteiger partial charge is 0.390 e. The van der Waals surface area contributed by atoms with Gasteiger partial charge >= 0.3 is 0 Å². The first-order valence-corrected chi connectivity index (χ1v) is 14.1. The lowest BCUT2D eigenvalue weighted by molar-refractivity contribution is 0.111. The van der Waals surface area contributed by atoms with Gasteiger partial charge in [0.05, 0.1) is 41.9 Å². The SMILES string of the molecule is N[C@@H]1c2cccnc2CC12CCN(c1ncc(Sc3cc4[nH]c5c(c4nc3Cl)COCC5)nc1CO)CC2. The fourth-order valence-electron chi connectivity index (χ4n) is 6.21. The lowest BCUT2D eigenvalue weighted by atomic mass is 9.73. The number of fused-ring (bicyclic) bond motifs is 4. The second-order valence-electron chi connectivity index (χ2n) is 10.3. The van der Waals surface area contributed by atoms with Crippen molar-refractivity contribution in [3.8, 4) is 0 Å². The Morgan fingerprint density at radius 3 is 2.95 bits per heavy atom. The molecule has 4 aromatic heterocycles. The van der Waals surface area contributed by atoms with Crippen LogP contribution < -0.4 is 10.6 Å². The average molecular weight is 550 g/mol. The summed E-state index contributed by atoms with van der Waals surface area (Å²) < 4.78 is 5.60. The van der Waals surface area contributed by atoms with Gasteiger partial charge in [-0.1, -0.05) is 29.4 Å². The molecule has 6 heterocycles. The molecule has 1 aliphatic carbocycles. The minimum absolute atomic E-state index is 0.00367. The molecule has 2 aliphatic heterocycles. The van der Waals surface area contributed by atoms with Gasteiger partial charge in [0.2, 0.25) is 0 Å². The van der Waals surface area contributed by atoms with Gasteiger partial charge in [0.1, 0.15) is 15.9 Å². The summed E-state index contributed by atoms with van der Waals surface area (Å²) in [7, 11) is 0. The number of anilines is 1. The van der Waals surface area contributed by atoms with Crippen LogP contribution in [-0.2, 0) is 30.8 Å². The number of pyridine rings is 2. The van der Waals surface area contributed by atoms with E-state index in [2.05, 4.69) is 25.9 Å². The van der Waals surface area contributed by atoms with Gasteiger partial charge < -0.3 is 25.5 Å². The lowest BCUT2D eigenvalue weighted by Crippen LogP contribution is -2.45. The van der Waals surface area contributed by atoms with E-state index in [1.165, 1.54) is 17.3 Å². The van der Waals surface area contributed by atoms with Crippen LogP contribution >= 0.6 is 23.4 Å². The molecule has 4 aromatic rings. The number of piperidine rings is 1. The lowest BCUT2D eigenvalue weighted by Gasteiger charge is -2.42. The zero-order chi connectivity index (χ0) is 25.9. The Bertz CT molecular complexity index is 1540. The number of rotatable bonds is 4. The Morgan fingerprint density at radius 1 is 1.26 bits per heavy atom. The number of nitrogens with one attached hydrogen (secondary N) is 1. The number of aromatic nitrogens is 5. The minimum atomic E-state index is -0.193. The number of aromatic amines is 1. The van der Waals surface area contributed by atoms with Crippen molar-refractivity contribution in [1.29, 1.82) is 0 Å². The number of nitrogens with zero attached hydrogens (tertiary/aromatic N) is 5. The molecular formula is C27H28ClN7O2S. The third-order valence-electron chi connectivity index (χ3n) is 8.29. The summed E-state index contributed by atoms with van der Waals surface area (Å²) in [4.78, 5) is 25.2. The highest BCUT2D eigenvalue weighted by Gasteiger charge is 2.46. The van der Waals surface area contributed by atoms with Crippen molar-refractivity contribution in [2.75, 3.05) is 24.6 Å². The van der Waals surface area contributed by atoms with Crippen molar-refractivity contribution < 1.29 is 9.84 Å². The standard InChI is InChI=1S/C27H28ClN7O2S/c28-25-21(10-18-23(34-25)16-14-37-9-3-17(16)32-18)38-22-12-31-26(20(13-36)33-22)35-7-4-27(5-8-35)11-19-15(24(27)29)2-1-6-30-19/h1-2,6,10,12,24,32,36H,3-5,7-9,11,13-14,29H2/t24-/m1/s1. The van der Waals surface area contributed by atoms with Crippen LogP contribution in [0.1, 0.15) is 47.1 Å². The Kier molecular flexibility index (Phi) is 6.05. The number of hydrogen-bond donors (Lipinski definition) is 3. The molecule has 9 nitrogen and oxygen atoms in total. The maximum absolute atomic E-state index is 10.2. The Balaban J connectivity index is 1.10. The summed E-state index contributed by atoms with van der Waals surface area (Å²) in [5.74, 6) is 0.727. The maximum atomic E-state index is 10.2. The second-order valence-corrected chi connectivity index (χ2v) is 11.8. The summed E-state index contributed by atoms with van der Waals surface area (Å²) in [6, 6.07) is 6.09. The molecule has 7 rings (SSSR count). The smallest absolute Gasteiger partial charge is 0.152 e. The van der Waals surface area contributed by atoms with Crippen LogP contribution in [0.15, 0.2) is 40.5 Å². The van der Waals surface area contributed by atoms with Crippen molar-refractivity contribution in [2.24, 2.45) is 11.1 Å². The quantitative estimate of drug-likeness (QED) is 0.324. The van der Waals surface area contributed by atoms with Crippen molar-refractivity contribution in [2.45, 2.75) is 54.9 Å². The van der Waals surface area contributed by atoms with Gasteiger partial charge in [0.25, 0.3) is 0 Å². The van der Waals surface area contributed by atoms with Gasteiger partial charge in [-0.2, -0.15) is 0 Å². The highest BCUT2D eigenvalue weighted by atomic mass is 35.5. The fraction of sp³-hybridized carbons (Fsp3) is 0.407. The summed E-state index contributed by atoms with van der Waals surface area (Å²) in [6.07, 6.45) is 7.25. The molecule has 0 unspecified atom stereocenters. The summed E-state index contributed by atoms with van der Waals surface area (Å²) >= 11 is 7.97. The Labute approximate surface area is 229 Å². The maximum Gasteiger partial charge on any atom is 0.152 e. The minimum Gasteiger partial charge on any atom is -0.390 e. The van der Waals surface area contributed by atoms with Gasteiger partial charge in [-0.25, -0.2) is 15.0 Å². The van der Waals surface area contributed by atoms with Crippen molar-refractivity contribution in [3.63, 3.8) is 0 Å². The molecule has 38 heavy (non-hydrogen) atoms. The van der Waals surface area contributed by atoms with Crippen LogP contribution in [0.25, 0.3) is 11.0 Å². The number of aliphatic hydroxyl groups is 1. The van der Waals surface area contributed by atoms with Crippen LogP contribution in [0.3, 0.4) is 0 Å². The first-order valence-electron chi connectivity index (χ1n) is 12.9. The van der Waals surface area contributed by atoms with E-state index in [0.29, 0.717) is 29.1 Å². The molecule has 11 heteroatoms. The molecule has 1 spiro atoms. The molecule has 1 saturated heterocycles. The van der Waals surface area contributed by atoms with Crippen molar-refractivity contribution in [1.82, 2.24) is 24.9 Å². The van der Waals surface area contributed by atoms with E-state index in [-0.39, 0.29) is 18.1 Å². The Morgan fingerprint density at radius 2 is 2.13 bits per heavy atom. The molecule has 0 aromatic carbocycles. The van der Waals surface area contributed by atoms with Crippen molar-refractivity contribution >= 4 is 40.2 Å². The second kappa shape index (κ2) is 9.46. The third-order valence-corrected chi connectivity index (χ3v) is 9.62. The zero-order valence-corrected chi connectivity index (χ0v) is 22.4. The van der Waals surface area contributed by atoms with E-state index >= 15 is 0 Å². The monoisotopic (exact) mass is 549 g/mol. The summed E-state index contributed by atoms with van der Waals surface area (Å²) in [5, 5.41) is 11.2. The number of nitrogens with two attached hydrogens (primary N) is 1. The number of H-pyrrole nitrogens is 1. The normalized spacial score (nSPS) is 20.2. The van der Waals surface area contributed by atoms with E-state index in [0.717, 1.165) is 77.5 Å². The van der Waals surface area contributed by atoms with Gasteiger partial charge in [-0.3, -0.25) is 4.98 Å². The van der Waals surface area contributed by atoms with Gasteiger partial charge in [-0.05, 0) is 42.4 Å². The fourth-order valence-corrected chi connectivity index (χ4v) is 7.26. The summed E-state index contributed by atoms with van der Waals surface area (Å²) in [5.41, 5.74) is 13.6. The number of halogens is 1. The van der Waals surface area contributed by atoms with E-state index in [1.54, 1.807) is 6.20 Å².